The van der Waals surface area contributed by atoms with E-state index in [-0.39, 0.29) is 11.5 Å². The fourth-order valence-electron chi connectivity index (χ4n) is 1.58. The van der Waals surface area contributed by atoms with Crippen LogP contribution in [0.3, 0.4) is 0 Å². The molecule has 84 valence electrons. The zero-order chi connectivity index (χ0) is 10.9. The van der Waals surface area contributed by atoms with Gasteiger partial charge in [-0.05, 0) is 6.54 Å². The molecular formula is C9H14N2O2S2. The van der Waals surface area contributed by atoms with Crippen LogP contribution in [0.4, 0.5) is 0 Å². The molecule has 1 N–H and O–H groups in total. The van der Waals surface area contributed by atoms with Crippen LogP contribution >= 0.6 is 11.3 Å². The number of fused-ring (bicyclic) bond motifs is 1. The van der Waals surface area contributed by atoms with Crippen molar-refractivity contribution in [2.45, 2.75) is 25.6 Å². The highest BCUT2D eigenvalue weighted by atomic mass is 32.2. The summed E-state index contributed by atoms with van der Waals surface area (Å²) >= 11 is 1.52. The Morgan fingerprint density at radius 1 is 1.53 bits per heavy atom. The molecule has 1 aliphatic heterocycles. The van der Waals surface area contributed by atoms with Gasteiger partial charge in [-0.1, -0.05) is 6.92 Å². The first-order valence-electron chi connectivity index (χ1n) is 4.99. The first-order chi connectivity index (χ1) is 7.11. The van der Waals surface area contributed by atoms with E-state index in [4.69, 9.17) is 0 Å². The van der Waals surface area contributed by atoms with Gasteiger partial charge in [0.1, 0.15) is 5.01 Å². The Bertz CT molecular complexity index is 451. The Hall–Kier alpha value is -0.460. The molecule has 0 atom stereocenters. The maximum atomic E-state index is 11.4. The molecule has 2 heterocycles. The van der Waals surface area contributed by atoms with E-state index in [1.807, 2.05) is 6.92 Å². The van der Waals surface area contributed by atoms with E-state index in [9.17, 15) is 8.42 Å². The zero-order valence-corrected chi connectivity index (χ0v) is 10.2. The van der Waals surface area contributed by atoms with E-state index in [0.29, 0.717) is 6.42 Å². The molecule has 0 saturated heterocycles. The molecule has 0 bridgehead atoms. The molecule has 0 aliphatic carbocycles. The lowest BCUT2D eigenvalue weighted by molar-refractivity contribution is 0.591. The van der Waals surface area contributed by atoms with Gasteiger partial charge in [-0.3, -0.25) is 0 Å². The first kappa shape index (κ1) is 11.0. The van der Waals surface area contributed by atoms with Crippen LogP contribution in [0.25, 0.3) is 0 Å². The Kier molecular flexibility index (Phi) is 3.08. The molecule has 0 radical (unpaired) electrons. The maximum Gasteiger partial charge on any atom is 0.155 e. The third kappa shape index (κ3) is 2.56. The second-order valence-electron chi connectivity index (χ2n) is 3.60. The fourth-order valence-corrected chi connectivity index (χ4v) is 4.45. The summed E-state index contributed by atoms with van der Waals surface area (Å²) in [6.07, 6.45) is 0.584. The van der Waals surface area contributed by atoms with Crippen LogP contribution in [0.15, 0.2) is 0 Å². The normalized spacial score (nSPS) is 18.7. The second-order valence-corrected chi connectivity index (χ2v) is 6.95. The molecule has 2 rings (SSSR count). The molecule has 0 amide bonds. The van der Waals surface area contributed by atoms with Gasteiger partial charge in [0.15, 0.2) is 9.84 Å². The molecule has 15 heavy (non-hydrogen) atoms. The van der Waals surface area contributed by atoms with Crippen molar-refractivity contribution in [3.8, 4) is 0 Å². The van der Waals surface area contributed by atoms with Gasteiger partial charge in [-0.2, -0.15) is 0 Å². The number of aryl methyl sites for hydroxylation is 1. The summed E-state index contributed by atoms with van der Waals surface area (Å²) in [6, 6.07) is 0. The summed E-state index contributed by atoms with van der Waals surface area (Å²) in [7, 11) is -2.85. The number of nitrogens with one attached hydrogen (secondary N) is 1. The van der Waals surface area contributed by atoms with Crippen molar-refractivity contribution in [2.75, 3.05) is 12.3 Å². The third-order valence-electron chi connectivity index (χ3n) is 2.35. The van der Waals surface area contributed by atoms with Crippen molar-refractivity contribution < 1.29 is 8.42 Å². The minimum Gasteiger partial charge on any atom is -0.311 e. The molecule has 1 aromatic heterocycles. The average Bonchev–Trinajstić information content (AvgIpc) is 2.55. The monoisotopic (exact) mass is 246 g/mol. The number of hydrogen-bond donors (Lipinski definition) is 1. The predicted octanol–water partition coefficient (Wildman–Crippen LogP) is 0.724. The summed E-state index contributed by atoms with van der Waals surface area (Å²) < 4.78 is 22.8. The Morgan fingerprint density at radius 3 is 3.07 bits per heavy atom. The summed E-state index contributed by atoms with van der Waals surface area (Å²) in [5, 5.41) is 4.19. The van der Waals surface area contributed by atoms with E-state index in [1.54, 1.807) is 0 Å². The van der Waals surface area contributed by atoms with Crippen molar-refractivity contribution in [3.63, 3.8) is 0 Å². The van der Waals surface area contributed by atoms with Gasteiger partial charge in [0.05, 0.1) is 17.2 Å². The predicted molar refractivity (Wildman–Crippen MR) is 60.7 cm³/mol. The van der Waals surface area contributed by atoms with Gasteiger partial charge >= 0.3 is 0 Å². The van der Waals surface area contributed by atoms with E-state index >= 15 is 0 Å². The summed E-state index contributed by atoms with van der Waals surface area (Å²) in [6.45, 7) is 3.69. The highest BCUT2D eigenvalue weighted by Gasteiger charge is 2.24. The van der Waals surface area contributed by atoms with Crippen molar-refractivity contribution in [1.29, 1.82) is 0 Å². The Morgan fingerprint density at radius 2 is 2.33 bits per heavy atom. The topological polar surface area (TPSA) is 59.1 Å². The molecule has 0 aromatic carbocycles. The van der Waals surface area contributed by atoms with Crippen molar-refractivity contribution >= 4 is 21.2 Å². The summed E-state index contributed by atoms with van der Waals surface area (Å²) in [5.74, 6) is 0.441. The summed E-state index contributed by atoms with van der Waals surface area (Å²) in [4.78, 5) is 5.38. The van der Waals surface area contributed by atoms with E-state index < -0.39 is 9.84 Å². The Balaban J connectivity index is 2.18. The van der Waals surface area contributed by atoms with Crippen molar-refractivity contribution in [2.24, 2.45) is 0 Å². The number of rotatable bonds is 3. The van der Waals surface area contributed by atoms with Crippen LogP contribution in [0.5, 0.6) is 0 Å². The number of nitrogens with zero attached hydrogens (tertiary/aromatic N) is 1. The molecular weight excluding hydrogens is 232 g/mol. The molecule has 1 aromatic rings. The second kappa shape index (κ2) is 4.19. The molecule has 0 unspecified atom stereocenters. The average molecular weight is 246 g/mol. The lowest BCUT2D eigenvalue weighted by Gasteiger charge is -2.09. The van der Waals surface area contributed by atoms with Gasteiger partial charge in [0.25, 0.3) is 0 Å². The van der Waals surface area contributed by atoms with Gasteiger partial charge in [-0.15, -0.1) is 11.3 Å². The van der Waals surface area contributed by atoms with Gasteiger partial charge < -0.3 is 5.32 Å². The number of thiazole rings is 1. The lowest BCUT2D eigenvalue weighted by Crippen LogP contribution is -2.17. The highest BCUT2D eigenvalue weighted by Crippen LogP contribution is 2.26. The summed E-state index contributed by atoms with van der Waals surface area (Å²) in [5.41, 5.74) is 0.989. The highest BCUT2D eigenvalue weighted by molar-refractivity contribution is 7.90. The number of sulfone groups is 1. The van der Waals surface area contributed by atoms with Crippen LogP contribution in [0, 0.1) is 0 Å². The minimum absolute atomic E-state index is 0.187. The van der Waals surface area contributed by atoms with Crippen LogP contribution in [0.2, 0.25) is 0 Å². The zero-order valence-electron chi connectivity index (χ0n) is 8.62. The van der Waals surface area contributed by atoms with E-state index in [1.165, 1.54) is 11.3 Å². The molecule has 4 nitrogen and oxygen atoms in total. The van der Waals surface area contributed by atoms with Crippen LogP contribution < -0.4 is 5.32 Å². The van der Waals surface area contributed by atoms with Crippen LogP contribution in [0.1, 0.15) is 22.5 Å². The number of aromatic nitrogens is 1. The Labute approximate surface area is 93.7 Å². The molecule has 0 fully saturated rings. The quantitative estimate of drug-likeness (QED) is 0.854. The lowest BCUT2D eigenvalue weighted by atomic mass is 10.3. The molecule has 6 heteroatoms. The fraction of sp³-hybridized carbons (Fsp3) is 0.667. The first-order valence-corrected chi connectivity index (χ1v) is 7.63. The SMILES string of the molecule is CCNCc1nc2c(s1)CS(=O)(=O)CC2. The van der Waals surface area contributed by atoms with Crippen LogP contribution in [-0.4, -0.2) is 25.7 Å². The largest absolute Gasteiger partial charge is 0.311 e. The van der Waals surface area contributed by atoms with Crippen molar-refractivity contribution in [3.05, 3.63) is 15.6 Å². The van der Waals surface area contributed by atoms with Crippen molar-refractivity contribution in [1.82, 2.24) is 10.3 Å². The van der Waals surface area contributed by atoms with Gasteiger partial charge in [0, 0.05) is 17.8 Å². The number of hydrogen-bond acceptors (Lipinski definition) is 5. The van der Waals surface area contributed by atoms with Gasteiger partial charge in [0.2, 0.25) is 0 Å². The molecule has 1 aliphatic rings. The smallest absolute Gasteiger partial charge is 0.155 e. The van der Waals surface area contributed by atoms with E-state index in [2.05, 4.69) is 10.3 Å². The van der Waals surface area contributed by atoms with Crippen LogP contribution in [-0.2, 0) is 28.6 Å². The van der Waals surface area contributed by atoms with Gasteiger partial charge in [-0.25, -0.2) is 13.4 Å². The third-order valence-corrected chi connectivity index (χ3v) is 5.18. The molecule has 0 saturated carbocycles. The standard InChI is InChI=1S/C9H14N2O2S2/c1-2-10-5-9-11-7-3-4-15(12,13)6-8(7)14-9/h10H,2-6H2,1H3. The molecule has 0 spiro atoms. The minimum atomic E-state index is -2.85. The van der Waals surface area contributed by atoms with E-state index in [0.717, 1.165) is 28.7 Å². The maximum absolute atomic E-state index is 11.4.